The van der Waals surface area contributed by atoms with Gasteiger partial charge in [0.2, 0.25) is 0 Å². The fourth-order valence-electron chi connectivity index (χ4n) is 2.77. The number of hydrogen-bond acceptors (Lipinski definition) is 7. The first-order valence-electron chi connectivity index (χ1n) is 9.38. The summed E-state index contributed by atoms with van der Waals surface area (Å²) < 4.78 is 45.8. The van der Waals surface area contributed by atoms with E-state index in [1.807, 2.05) is 43.3 Å². The van der Waals surface area contributed by atoms with Crippen molar-refractivity contribution in [1.82, 2.24) is 9.73 Å². The number of aliphatic imine (C=N–C) groups is 1. The van der Waals surface area contributed by atoms with E-state index in [0.29, 0.717) is 22.2 Å². The van der Waals surface area contributed by atoms with Crippen LogP contribution in [0.3, 0.4) is 0 Å². The molecular weight excluding hydrogens is 518 g/mol. The number of hydrazine groups is 1. The van der Waals surface area contributed by atoms with Crippen LogP contribution in [-0.2, 0) is 21.1 Å². The van der Waals surface area contributed by atoms with E-state index in [2.05, 4.69) is 31.0 Å². The first-order valence-corrected chi connectivity index (χ1v) is 12.9. The van der Waals surface area contributed by atoms with Crippen molar-refractivity contribution in [2.75, 3.05) is 17.6 Å². The van der Waals surface area contributed by atoms with Crippen molar-refractivity contribution in [2.24, 2.45) is 10.8 Å². The average molecular weight is 540 g/mol. The number of halogens is 1. The first kappa shape index (κ1) is 24.3. The Kier molecular flexibility index (Phi) is 7.98. The van der Waals surface area contributed by atoms with Gasteiger partial charge in [-0.2, -0.15) is 8.42 Å². The van der Waals surface area contributed by atoms with E-state index in [1.54, 1.807) is 24.3 Å². The van der Waals surface area contributed by atoms with E-state index in [1.165, 1.54) is 5.01 Å². The number of benzene rings is 2. The van der Waals surface area contributed by atoms with Crippen LogP contribution in [0.1, 0.15) is 12.5 Å². The van der Waals surface area contributed by atoms with Crippen LogP contribution >= 0.6 is 15.9 Å². The van der Waals surface area contributed by atoms with Crippen molar-refractivity contribution in [3.63, 3.8) is 0 Å². The summed E-state index contributed by atoms with van der Waals surface area (Å²) in [6, 6.07) is 16.4. The molecule has 0 saturated carbocycles. The summed E-state index contributed by atoms with van der Waals surface area (Å²) in [4.78, 5) is 5.09. The molecule has 0 amide bonds. The molecule has 1 aliphatic rings. The van der Waals surface area contributed by atoms with E-state index in [4.69, 9.17) is 10.4 Å². The molecule has 0 aromatic heterocycles. The van der Waals surface area contributed by atoms with E-state index in [-0.39, 0.29) is 6.54 Å². The molecule has 12 heteroatoms. The van der Waals surface area contributed by atoms with Gasteiger partial charge in [-0.15, -0.1) is 0 Å². The Hall–Kier alpha value is -2.35. The van der Waals surface area contributed by atoms with Crippen molar-refractivity contribution in [3.05, 3.63) is 82.4 Å². The molecule has 2 aromatic rings. The van der Waals surface area contributed by atoms with Gasteiger partial charge in [-0.1, -0.05) is 46.3 Å². The third kappa shape index (κ3) is 6.58. The molecule has 3 rings (SSSR count). The van der Waals surface area contributed by atoms with Crippen LogP contribution in [0.5, 0.6) is 0 Å². The monoisotopic (exact) mass is 539 g/mol. The quantitative estimate of drug-likeness (QED) is 0.299. The summed E-state index contributed by atoms with van der Waals surface area (Å²) in [6.45, 7) is 1.71. The topological polar surface area (TPSA) is 137 Å². The molecule has 170 valence electrons. The molecule has 1 aliphatic heterocycles. The van der Waals surface area contributed by atoms with E-state index in [9.17, 15) is 12.6 Å². The largest absolute Gasteiger partial charge is 0.340 e. The predicted octanol–water partition coefficient (Wildman–Crippen LogP) is 2.70. The molecular formula is C20H22BrN5O4S2. The number of nitrogens with zero attached hydrogens (tertiary/aromatic N) is 2. The van der Waals surface area contributed by atoms with Gasteiger partial charge in [-0.3, -0.25) is 4.55 Å². The number of rotatable bonds is 8. The molecule has 5 N–H and O–H groups in total. The lowest BCUT2D eigenvalue weighted by atomic mass is 10.1. The van der Waals surface area contributed by atoms with E-state index >= 15 is 0 Å². The second-order valence-electron chi connectivity index (χ2n) is 6.72. The number of allylic oxidation sites excluding steroid dienone is 2. The molecule has 9 nitrogen and oxygen atoms in total. The maximum Gasteiger partial charge on any atom is 0.266 e. The Balaban J connectivity index is 1.77. The highest BCUT2D eigenvalue weighted by molar-refractivity contribution is 9.11. The first-order chi connectivity index (χ1) is 15.1. The van der Waals surface area contributed by atoms with Gasteiger partial charge in [0.1, 0.15) is 16.8 Å². The molecule has 0 aliphatic carbocycles. The van der Waals surface area contributed by atoms with Gasteiger partial charge in [0.25, 0.3) is 10.1 Å². The Morgan fingerprint density at radius 3 is 2.44 bits per heavy atom. The minimum absolute atomic E-state index is 0.136. The molecule has 0 spiro atoms. The van der Waals surface area contributed by atoms with Gasteiger partial charge >= 0.3 is 0 Å². The van der Waals surface area contributed by atoms with Crippen LogP contribution in [0.4, 0.5) is 5.69 Å². The van der Waals surface area contributed by atoms with Crippen molar-refractivity contribution in [1.29, 1.82) is 0 Å². The fourth-order valence-corrected chi connectivity index (χ4v) is 4.37. The molecule has 1 atom stereocenters. The van der Waals surface area contributed by atoms with Gasteiger partial charge in [0.05, 0.1) is 16.4 Å². The summed E-state index contributed by atoms with van der Waals surface area (Å²) in [5, 5.41) is 4.67. The Morgan fingerprint density at radius 2 is 1.84 bits per heavy atom. The molecule has 2 aromatic carbocycles. The van der Waals surface area contributed by atoms with E-state index < -0.39 is 26.9 Å². The van der Waals surface area contributed by atoms with Crippen LogP contribution in [0, 0.1) is 0 Å². The minimum atomic E-state index is -4.11. The van der Waals surface area contributed by atoms with Crippen LogP contribution in [-0.4, -0.2) is 40.2 Å². The maximum absolute atomic E-state index is 12.2. The Morgan fingerprint density at radius 1 is 1.19 bits per heavy atom. The van der Waals surface area contributed by atoms with E-state index in [0.717, 1.165) is 15.8 Å². The van der Waals surface area contributed by atoms with Crippen LogP contribution < -0.4 is 15.9 Å². The minimum Gasteiger partial charge on any atom is -0.340 e. The van der Waals surface area contributed by atoms with Crippen molar-refractivity contribution < 1.29 is 17.2 Å². The van der Waals surface area contributed by atoms with Crippen molar-refractivity contribution >= 4 is 48.4 Å². The highest BCUT2D eigenvalue weighted by atomic mass is 79.9. The number of nitrogens with one attached hydrogen (secondary N) is 2. The van der Waals surface area contributed by atoms with Gasteiger partial charge in [0.15, 0.2) is 5.82 Å². The molecule has 0 fully saturated rings. The zero-order valence-electron chi connectivity index (χ0n) is 17.0. The third-order valence-electron chi connectivity index (χ3n) is 4.30. The molecule has 0 saturated heterocycles. The fraction of sp³-hybridized carbons (Fsp3) is 0.150. The number of nitrogens with two attached hydrogens (primary N) is 1. The highest BCUT2D eigenvalue weighted by Crippen LogP contribution is 2.25. The Labute approximate surface area is 197 Å². The molecule has 0 radical (unpaired) electrons. The predicted molar refractivity (Wildman–Crippen MR) is 130 cm³/mol. The smallest absolute Gasteiger partial charge is 0.266 e. The van der Waals surface area contributed by atoms with Crippen molar-refractivity contribution in [3.8, 4) is 0 Å². The summed E-state index contributed by atoms with van der Waals surface area (Å²) in [7, 11) is -5.73. The van der Waals surface area contributed by atoms with Crippen LogP contribution in [0.2, 0.25) is 0 Å². The average Bonchev–Trinajstić information content (AvgIpc) is 2.75. The third-order valence-corrected chi connectivity index (χ3v) is 6.54. The molecule has 0 bridgehead atoms. The van der Waals surface area contributed by atoms with Gasteiger partial charge in [-0.05, 0) is 31.2 Å². The SMILES string of the molecule is C/C(Br)=C1/N=C(c2ccccc2)C=C(Nc2ccc(S(=O)NCCS(=O)(=O)O)cc2)N1N. The lowest BCUT2D eigenvalue weighted by molar-refractivity contribution is 0.444. The Bertz CT molecular complexity index is 1190. The summed E-state index contributed by atoms with van der Waals surface area (Å²) in [6.07, 6.45) is 1.83. The summed E-state index contributed by atoms with van der Waals surface area (Å²) in [5.74, 6) is 6.88. The standard InChI is InChI=1S/C20H22BrN5O4S2/c1-14(21)20-25-18(15-5-3-2-4-6-15)13-19(26(20)22)24-16-7-9-17(10-8-16)31(27)23-11-12-32(28,29)30/h2-10,13,23-24H,11-12,22H2,1H3,(H,28,29,30)/b20-14+. The molecule has 1 heterocycles. The highest BCUT2D eigenvalue weighted by Gasteiger charge is 2.20. The van der Waals surface area contributed by atoms with Gasteiger partial charge in [0, 0.05) is 28.4 Å². The lowest BCUT2D eigenvalue weighted by Crippen LogP contribution is -2.36. The van der Waals surface area contributed by atoms with Gasteiger partial charge < -0.3 is 5.32 Å². The zero-order chi connectivity index (χ0) is 23.3. The maximum atomic E-state index is 12.2. The zero-order valence-corrected chi connectivity index (χ0v) is 20.2. The number of anilines is 1. The second-order valence-corrected chi connectivity index (χ2v) is 10.8. The number of hydrogen-bond donors (Lipinski definition) is 4. The second kappa shape index (κ2) is 10.5. The summed E-state index contributed by atoms with van der Waals surface area (Å²) in [5.41, 5.74) is 2.38. The van der Waals surface area contributed by atoms with Crippen LogP contribution in [0.15, 0.2) is 86.7 Å². The molecule has 32 heavy (non-hydrogen) atoms. The van der Waals surface area contributed by atoms with Gasteiger partial charge in [-0.25, -0.2) is 24.8 Å². The van der Waals surface area contributed by atoms with Crippen LogP contribution in [0.25, 0.3) is 0 Å². The van der Waals surface area contributed by atoms with Crippen molar-refractivity contribution in [2.45, 2.75) is 11.8 Å². The summed E-state index contributed by atoms with van der Waals surface area (Å²) >= 11 is 3.45. The normalized spacial score (nSPS) is 16.8. The molecule has 1 unspecified atom stereocenters. The lowest BCUT2D eigenvalue weighted by Gasteiger charge is -2.28.